The average molecular weight is 374 g/mol. The average Bonchev–Trinajstić information content (AvgIpc) is 3.24. The number of nitrogens with zero attached hydrogens (tertiary/aromatic N) is 3. The van der Waals surface area contributed by atoms with E-state index in [4.69, 9.17) is 4.74 Å². The monoisotopic (exact) mass is 374 g/mol. The molecule has 0 radical (unpaired) electrons. The van der Waals surface area contributed by atoms with Crippen LogP contribution in [0.4, 0.5) is 0 Å². The molecule has 0 spiro atoms. The molecule has 2 aromatic carbocycles. The van der Waals surface area contributed by atoms with Gasteiger partial charge in [0.25, 0.3) is 0 Å². The van der Waals surface area contributed by atoms with Crippen molar-refractivity contribution in [3.05, 3.63) is 72.1 Å². The van der Waals surface area contributed by atoms with Gasteiger partial charge in [0, 0.05) is 37.6 Å². The highest BCUT2D eigenvalue weighted by atomic mass is 16.5. The summed E-state index contributed by atoms with van der Waals surface area (Å²) in [6, 6.07) is 18.8. The zero-order valence-electron chi connectivity index (χ0n) is 16.4. The lowest BCUT2D eigenvalue weighted by Crippen LogP contribution is -2.39. The van der Waals surface area contributed by atoms with Gasteiger partial charge in [0.15, 0.2) is 5.96 Å². The van der Waals surface area contributed by atoms with Gasteiger partial charge in [-0.15, -0.1) is 0 Å². The third-order valence-electron chi connectivity index (χ3n) is 5.46. The van der Waals surface area contributed by atoms with Crippen molar-refractivity contribution in [2.75, 3.05) is 27.2 Å². The van der Waals surface area contributed by atoms with E-state index >= 15 is 0 Å². The van der Waals surface area contributed by atoms with Gasteiger partial charge in [0.2, 0.25) is 0 Å². The van der Waals surface area contributed by atoms with Gasteiger partial charge in [0.1, 0.15) is 5.75 Å². The van der Waals surface area contributed by atoms with Crippen LogP contribution in [0.5, 0.6) is 5.75 Å². The van der Waals surface area contributed by atoms with Gasteiger partial charge in [-0.1, -0.05) is 36.4 Å². The molecule has 1 N–H and O–H groups in total. The van der Waals surface area contributed by atoms with Gasteiger partial charge >= 0.3 is 0 Å². The molecule has 1 aliphatic rings. The van der Waals surface area contributed by atoms with Gasteiger partial charge in [-0.2, -0.15) is 0 Å². The zero-order chi connectivity index (χ0) is 19.3. The number of ether oxygens (including phenoxy) is 1. The second kappa shape index (κ2) is 8.30. The quantitative estimate of drug-likeness (QED) is 0.557. The van der Waals surface area contributed by atoms with Crippen LogP contribution >= 0.6 is 0 Å². The van der Waals surface area contributed by atoms with E-state index in [1.54, 1.807) is 7.11 Å². The van der Waals surface area contributed by atoms with E-state index in [1.807, 2.05) is 31.4 Å². The number of hydrogen-bond acceptors (Lipinski definition) is 3. The Morgan fingerprint density at radius 3 is 2.79 bits per heavy atom. The summed E-state index contributed by atoms with van der Waals surface area (Å²) >= 11 is 0. The normalized spacial score (nSPS) is 17.1. The summed E-state index contributed by atoms with van der Waals surface area (Å²) < 4.78 is 5.27. The van der Waals surface area contributed by atoms with E-state index in [1.165, 1.54) is 16.3 Å². The van der Waals surface area contributed by atoms with Crippen molar-refractivity contribution < 1.29 is 4.74 Å². The Balaban J connectivity index is 1.42. The summed E-state index contributed by atoms with van der Waals surface area (Å²) in [4.78, 5) is 11.4. The fourth-order valence-corrected chi connectivity index (χ4v) is 3.92. The van der Waals surface area contributed by atoms with Crippen molar-refractivity contribution in [3.63, 3.8) is 0 Å². The molecule has 1 saturated heterocycles. The fourth-order valence-electron chi connectivity index (χ4n) is 3.92. The SMILES string of the molecule is CN=C(NCc1nccc2ccccc12)N1CCC(c2ccc(OC)cc2)C1. The number of methoxy groups -OCH3 is 1. The van der Waals surface area contributed by atoms with Gasteiger partial charge in [-0.3, -0.25) is 9.98 Å². The fraction of sp³-hybridized carbons (Fsp3) is 0.304. The third-order valence-corrected chi connectivity index (χ3v) is 5.46. The summed E-state index contributed by atoms with van der Waals surface area (Å²) in [5, 5.41) is 5.90. The van der Waals surface area contributed by atoms with Crippen molar-refractivity contribution in [2.24, 2.45) is 4.99 Å². The number of nitrogens with one attached hydrogen (secondary N) is 1. The van der Waals surface area contributed by atoms with Crippen LogP contribution < -0.4 is 10.1 Å². The molecule has 28 heavy (non-hydrogen) atoms. The smallest absolute Gasteiger partial charge is 0.193 e. The molecule has 1 unspecified atom stereocenters. The first-order chi connectivity index (χ1) is 13.8. The first-order valence-electron chi connectivity index (χ1n) is 9.70. The lowest BCUT2D eigenvalue weighted by molar-refractivity contribution is 0.414. The number of aromatic nitrogens is 1. The third kappa shape index (κ3) is 3.79. The Morgan fingerprint density at radius 2 is 2.00 bits per heavy atom. The van der Waals surface area contributed by atoms with Crippen LogP contribution in [-0.2, 0) is 6.54 Å². The number of hydrogen-bond donors (Lipinski definition) is 1. The minimum absolute atomic E-state index is 0.514. The van der Waals surface area contributed by atoms with Crippen molar-refractivity contribution in [3.8, 4) is 5.75 Å². The lowest BCUT2D eigenvalue weighted by atomic mass is 9.98. The first kappa shape index (κ1) is 18.3. The number of rotatable bonds is 4. The van der Waals surface area contributed by atoms with Crippen molar-refractivity contribution in [1.29, 1.82) is 0 Å². The number of guanidine groups is 1. The van der Waals surface area contributed by atoms with E-state index in [0.717, 1.165) is 36.9 Å². The van der Waals surface area contributed by atoms with E-state index < -0.39 is 0 Å². The number of pyridine rings is 1. The Kier molecular flexibility index (Phi) is 5.42. The van der Waals surface area contributed by atoms with Crippen LogP contribution in [0.15, 0.2) is 65.8 Å². The number of fused-ring (bicyclic) bond motifs is 1. The second-order valence-electron chi connectivity index (χ2n) is 7.08. The Hall–Kier alpha value is -3.08. The van der Waals surface area contributed by atoms with E-state index in [9.17, 15) is 0 Å². The van der Waals surface area contributed by atoms with E-state index in [-0.39, 0.29) is 0 Å². The molecule has 0 aliphatic carbocycles. The number of benzene rings is 2. The molecule has 0 saturated carbocycles. The summed E-state index contributed by atoms with van der Waals surface area (Å²) in [7, 11) is 3.55. The molecule has 4 rings (SSSR count). The van der Waals surface area contributed by atoms with Crippen LogP contribution in [0.1, 0.15) is 23.6 Å². The second-order valence-corrected chi connectivity index (χ2v) is 7.08. The number of likely N-dealkylation sites (tertiary alicyclic amines) is 1. The van der Waals surface area contributed by atoms with Crippen LogP contribution in [0, 0.1) is 0 Å². The summed E-state index contributed by atoms with van der Waals surface area (Å²) in [6.45, 7) is 2.63. The summed E-state index contributed by atoms with van der Waals surface area (Å²) in [5.74, 6) is 2.35. The predicted octanol–water partition coefficient (Wildman–Crippen LogP) is 3.81. The largest absolute Gasteiger partial charge is 0.497 e. The molecule has 5 nitrogen and oxygen atoms in total. The maximum Gasteiger partial charge on any atom is 0.193 e. The maximum absolute atomic E-state index is 5.27. The summed E-state index contributed by atoms with van der Waals surface area (Å²) in [6.07, 6.45) is 3.00. The molecular weight excluding hydrogens is 348 g/mol. The van der Waals surface area contributed by atoms with Gasteiger partial charge in [-0.25, -0.2) is 0 Å². The van der Waals surface area contributed by atoms with Gasteiger partial charge in [-0.05, 0) is 35.6 Å². The maximum atomic E-state index is 5.27. The number of aliphatic imine (C=N–C) groups is 1. The highest BCUT2D eigenvalue weighted by Crippen LogP contribution is 2.28. The molecule has 3 aromatic rings. The van der Waals surface area contributed by atoms with Crippen LogP contribution in [0.2, 0.25) is 0 Å². The highest BCUT2D eigenvalue weighted by molar-refractivity contribution is 5.85. The highest BCUT2D eigenvalue weighted by Gasteiger charge is 2.26. The van der Waals surface area contributed by atoms with Crippen molar-refractivity contribution in [1.82, 2.24) is 15.2 Å². The van der Waals surface area contributed by atoms with E-state index in [2.05, 4.69) is 56.6 Å². The zero-order valence-corrected chi connectivity index (χ0v) is 16.4. The van der Waals surface area contributed by atoms with Gasteiger partial charge < -0.3 is 15.0 Å². The van der Waals surface area contributed by atoms with Crippen molar-refractivity contribution in [2.45, 2.75) is 18.9 Å². The first-order valence-corrected chi connectivity index (χ1v) is 9.70. The molecule has 1 aromatic heterocycles. The molecule has 0 bridgehead atoms. The van der Waals surface area contributed by atoms with Crippen LogP contribution in [-0.4, -0.2) is 43.1 Å². The molecule has 144 valence electrons. The van der Waals surface area contributed by atoms with Crippen LogP contribution in [0.3, 0.4) is 0 Å². The standard InChI is InChI=1S/C23H26N4O/c1-24-23(26-15-22-21-6-4-3-5-18(21)11-13-25-22)27-14-12-19(16-27)17-7-9-20(28-2)10-8-17/h3-11,13,19H,12,14-16H2,1-2H3,(H,24,26). The molecule has 0 amide bonds. The van der Waals surface area contributed by atoms with Gasteiger partial charge in [0.05, 0.1) is 19.3 Å². The molecule has 1 fully saturated rings. The van der Waals surface area contributed by atoms with Crippen molar-refractivity contribution >= 4 is 16.7 Å². The molecule has 5 heteroatoms. The van der Waals surface area contributed by atoms with Crippen LogP contribution in [0.25, 0.3) is 10.8 Å². The molecule has 1 atom stereocenters. The Morgan fingerprint density at radius 1 is 1.18 bits per heavy atom. The predicted molar refractivity (Wildman–Crippen MR) is 114 cm³/mol. The minimum Gasteiger partial charge on any atom is -0.497 e. The minimum atomic E-state index is 0.514. The Bertz CT molecular complexity index is 963. The lowest BCUT2D eigenvalue weighted by Gasteiger charge is -2.22. The summed E-state index contributed by atoms with van der Waals surface area (Å²) in [5.41, 5.74) is 2.40. The molecule has 2 heterocycles. The topological polar surface area (TPSA) is 49.8 Å². The molecular formula is C23H26N4O. The molecule has 1 aliphatic heterocycles. The Labute approximate surface area is 166 Å². The van der Waals surface area contributed by atoms with E-state index in [0.29, 0.717) is 12.5 Å².